The van der Waals surface area contributed by atoms with Gasteiger partial charge in [-0.1, -0.05) is 49.5 Å². The molecule has 1 N–H and O–H groups in total. The molecule has 2 heterocycles. The van der Waals surface area contributed by atoms with Crippen LogP contribution in [-0.2, 0) is 0 Å². The highest BCUT2D eigenvalue weighted by Crippen LogP contribution is 2.32. The molecular weight excluding hydrogens is 382 g/mol. The normalized spacial score (nSPS) is 16.3. The summed E-state index contributed by atoms with van der Waals surface area (Å²) in [6.45, 7) is 3.44. The van der Waals surface area contributed by atoms with Crippen LogP contribution in [0.25, 0.3) is 22.2 Å². The molecule has 4 rings (SSSR count). The van der Waals surface area contributed by atoms with Gasteiger partial charge < -0.3 is 14.4 Å². The second kappa shape index (κ2) is 9.15. The van der Waals surface area contributed by atoms with Gasteiger partial charge in [0.15, 0.2) is 0 Å². The third kappa shape index (κ3) is 4.40. The summed E-state index contributed by atoms with van der Waals surface area (Å²) in [6, 6.07) is 11.7. The Bertz CT molecular complexity index is 1020. The number of likely N-dealkylation sites (tertiary alicyclic amines) is 1. The third-order valence-corrected chi connectivity index (χ3v) is 5.56. The maximum Gasteiger partial charge on any atom is 0.407 e. The van der Waals surface area contributed by atoms with Crippen molar-refractivity contribution in [3.05, 3.63) is 42.3 Å². The molecule has 30 heavy (non-hydrogen) atoms. The number of carboxylic acid groups (broad SMARTS) is 1. The molecule has 1 amide bonds. The monoisotopic (exact) mass is 409 g/mol. The number of amides is 1. The Labute approximate surface area is 175 Å². The van der Waals surface area contributed by atoms with Crippen molar-refractivity contribution in [3.63, 3.8) is 0 Å². The number of aromatic nitrogens is 2. The summed E-state index contributed by atoms with van der Waals surface area (Å²) >= 11 is 0. The molecule has 0 bridgehead atoms. The van der Waals surface area contributed by atoms with Gasteiger partial charge in [-0.25, -0.2) is 4.79 Å². The lowest BCUT2D eigenvalue weighted by Gasteiger charge is -2.17. The molecule has 158 valence electrons. The van der Waals surface area contributed by atoms with Crippen LogP contribution < -0.4 is 4.74 Å². The lowest BCUT2D eigenvalue weighted by Crippen LogP contribution is -2.28. The van der Waals surface area contributed by atoms with Crippen LogP contribution in [0.4, 0.5) is 4.79 Å². The summed E-state index contributed by atoms with van der Waals surface area (Å²) in [5.74, 6) is 1.71. The Morgan fingerprint density at radius 2 is 2.03 bits per heavy atom. The first-order chi connectivity index (χ1) is 14.7. The van der Waals surface area contributed by atoms with Gasteiger partial charge in [-0.05, 0) is 48.2 Å². The minimum absolute atomic E-state index is 0.358. The summed E-state index contributed by atoms with van der Waals surface area (Å²) in [5, 5.41) is 15.6. The maximum atomic E-state index is 11.4. The van der Waals surface area contributed by atoms with E-state index in [1.54, 1.807) is 0 Å². The van der Waals surface area contributed by atoms with Crippen molar-refractivity contribution in [2.45, 2.75) is 51.5 Å². The number of hydrogen-bond acceptors (Lipinski definition) is 5. The van der Waals surface area contributed by atoms with Crippen molar-refractivity contribution < 1.29 is 19.2 Å². The number of fused-ring (bicyclic) bond motifs is 1. The lowest BCUT2D eigenvalue weighted by molar-refractivity contribution is 0.131. The van der Waals surface area contributed by atoms with Crippen molar-refractivity contribution in [3.8, 4) is 17.1 Å². The first-order valence-corrected chi connectivity index (χ1v) is 10.7. The summed E-state index contributed by atoms with van der Waals surface area (Å²) < 4.78 is 11.3. The first-order valence-electron chi connectivity index (χ1n) is 10.7. The van der Waals surface area contributed by atoms with Gasteiger partial charge in [-0.2, -0.15) is 4.98 Å². The van der Waals surface area contributed by atoms with Gasteiger partial charge in [0.2, 0.25) is 11.7 Å². The fourth-order valence-electron chi connectivity index (χ4n) is 3.91. The Morgan fingerprint density at radius 1 is 1.20 bits per heavy atom. The van der Waals surface area contributed by atoms with Crippen LogP contribution in [0.1, 0.15) is 57.4 Å². The topological polar surface area (TPSA) is 88.7 Å². The quantitative estimate of drug-likeness (QED) is 0.483. The zero-order valence-corrected chi connectivity index (χ0v) is 17.2. The number of hydrogen-bond donors (Lipinski definition) is 1. The molecule has 1 aliphatic rings. The third-order valence-electron chi connectivity index (χ3n) is 5.56. The highest BCUT2D eigenvalue weighted by Gasteiger charge is 2.34. The fourth-order valence-corrected chi connectivity index (χ4v) is 3.91. The van der Waals surface area contributed by atoms with E-state index in [1.165, 1.54) is 24.2 Å². The predicted molar refractivity (Wildman–Crippen MR) is 114 cm³/mol. The molecule has 0 radical (unpaired) electrons. The van der Waals surface area contributed by atoms with Gasteiger partial charge in [-0.15, -0.1) is 0 Å². The second-order valence-electron chi connectivity index (χ2n) is 7.72. The Kier molecular flexibility index (Phi) is 6.16. The molecule has 3 aromatic rings. The summed E-state index contributed by atoms with van der Waals surface area (Å²) in [4.78, 5) is 17.2. The largest absolute Gasteiger partial charge is 0.494 e. The summed E-state index contributed by atoms with van der Waals surface area (Å²) in [5.41, 5.74) is 0.839. The molecule has 1 aromatic heterocycles. The number of benzene rings is 2. The van der Waals surface area contributed by atoms with Crippen LogP contribution in [0.3, 0.4) is 0 Å². The molecule has 2 aromatic carbocycles. The van der Waals surface area contributed by atoms with Gasteiger partial charge in [0.05, 0.1) is 6.61 Å². The van der Waals surface area contributed by atoms with E-state index in [2.05, 4.69) is 17.1 Å². The Morgan fingerprint density at radius 3 is 2.87 bits per heavy atom. The van der Waals surface area contributed by atoms with Crippen molar-refractivity contribution >= 4 is 16.9 Å². The van der Waals surface area contributed by atoms with Crippen LogP contribution in [0.2, 0.25) is 0 Å². The number of nitrogens with zero attached hydrogens (tertiary/aromatic N) is 3. The molecule has 1 saturated heterocycles. The molecule has 1 aliphatic heterocycles. The Balaban J connectivity index is 1.47. The molecule has 1 atom stereocenters. The molecule has 0 spiro atoms. The molecule has 0 saturated carbocycles. The van der Waals surface area contributed by atoms with Crippen molar-refractivity contribution in [2.75, 3.05) is 13.2 Å². The number of rotatable bonds is 8. The smallest absolute Gasteiger partial charge is 0.407 e. The zero-order valence-electron chi connectivity index (χ0n) is 17.2. The van der Waals surface area contributed by atoms with E-state index in [1.807, 2.05) is 36.4 Å². The van der Waals surface area contributed by atoms with Crippen LogP contribution in [0.15, 0.2) is 40.9 Å². The van der Waals surface area contributed by atoms with Crippen molar-refractivity contribution in [2.24, 2.45) is 0 Å². The molecule has 1 unspecified atom stereocenters. The van der Waals surface area contributed by atoms with Crippen LogP contribution >= 0.6 is 0 Å². The van der Waals surface area contributed by atoms with Gasteiger partial charge in [0.1, 0.15) is 11.8 Å². The average molecular weight is 409 g/mol. The van der Waals surface area contributed by atoms with Crippen LogP contribution in [-0.4, -0.2) is 39.4 Å². The van der Waals surface area contributed by atoms with E-state index in [4.69, 9.17) is 9.26 Å². The molecule has 0 aliphatic carbocycles. The Hall–Kier alpha value is -3.09. The average Bonchev–Trinajstić information content (AvgIpc) is 3.42. The van der Waals surface area contributed by atoms with E-state index >= 15 is 0 Å². The standard InChI is InChI=1S/C23H27N3O4/c1-2-3-4-5-13-29-19-11-10-16-14-18(9-8-17(16)15-19)21-24-22(30-25-21)20-7-6-12-26(20)23(27)28/h8-11,14-15,20H,2-7,12-13H2,1H3,(H,27,28). The van der Waals surface area contributed by atoms with Gasteiger partial charge in [-0.3, -0.25) is 4.90 Å². The van der Waals surface area contributed by atoms with Gasteiger partial charge in [0, 0.05) is 12.1 Å². The number of ether oxygens (including phenoxy) is 1. The molecule has 1 fully saturated rings. The van der Waals surface area contributed by atoms with Crippen molar-refractivity contribution in [1.82, 2.24) is 15.0 Å². The first kappa shape index (κ1) is 20.2. The zero-order chi connectivity index (χ0) is 20.9. The number of unbranched alkanes of at least 4 members (excludes halogenated alkanes) is 3. The van der Waals surface area contributed by atoms with E-state index < -0.39 is 6.09 Å². The van der Waals surface area contributed by atoms with E-state index in [-0.39, 0.29) is 6.04 Å². The highest BCUT2D eigenvalue weighted by molar-refractivity contribution is 5.87. The van der Waals surface area contributed by atoms with E-state index in [0.29, 0.717) is 24.7 Å². The minimum atomic E-state index is -0.952. The van der Waals surface area contributed by atoms with Gasteiger partial charge >= 0.3 is 6.09 Å². The SMILES string of the molecule is CCCCCCOc1ccc2cc(-c3noc(C4CCCN4C(=O)O)n3)ccc2c1. The highest BCUT2D eigenvalue weighted by atomic mass is 16.5. The van der Waals surface area contributed by atoms with Crippen LogP contribution in [0, 0.1) is 0 Å². The van der Waals surface area contributed by atoms with Gasteiger partial charge in [0.25, 0.3) is 0 Å². The molecular formula is C23H27N3O4. The van der Waals surface area contributed by atoms with E-state index in [0.717, 1.165) is 41.5 Å². The van der Waals surface area contributed by atoms with Crippen LogP contribution in [0.5, 0.6) is 5.75 Å². The minimum Gasteiger partial charge on any atom is -0.494 e. The summed E-state index contributed by atoms with van der Waals surface area (Å²) in [7, 11) is 0. The maximum absolute atomic E-state index is 11.4. The van der Waals surface area contributed by atoms with E-state index in [9.17, 15) is 9.90 Å². The molecule has 7 heteroatoms. The fraction of sp³-hybridized carbons (Fsp3) is 0.435. The lowest BCUT2D eigenvalue weighted by atomic mass is 10.1. The number of carbonyl (C=O) groups is 1. The predicted octanol–water partition coefficient (Wildman–Crippen LogP) is 5.66. The molecule has 7 nitrogen and oxygen atoms in total. The second-order valence-corrected chi connectivity index (χ2v) is 7.72. The summed E-state index contributed by atoms with van der Waals surface area (Å²) in [6.07, 6.45) is 5.29. The van der Waals surface area contributed by atoms with Crippen molar-refractivity contribution in [1.29, 1.82) is 0 Å².